The Morgan fingerprint density at radius 2 is 1.88 bits per heavy atom. The van der Waals surface area contributed by atoms with Gasteiger partial charge in [0, 0.05) is 6.42 Å². The van der Waals surface area contributed by atoms with E-state index in [0.29, 0.717) is 6.42 Å². The van der Waals surface area contributed by atoms with Crippen molar-refractivity contribution in [3.63, 3.8) is 0 Å². The first-order chi connectivity index (χ1) is 11.3. The number of anilines is 1. The van der Waals surface area contributed by atoms with Crippen LogP contribution in [-0.4, -0.2) is 23.2 Å². The van der Waals surface area contributed by atoms with E-state index in [1.807, 2.05) is 19.1 Å². The molecule has 0 saturated heterocycles. The van der Waals surface area contributed by atoms with Crippen LogP contribution in [0.4, 0.5) is 5.69 Å². The van der Waals surface area contributed by atoms with Crippen LogP contribution < -0.4 is 10.1 Å². The molecule has 0 spiro atoms. The lowest BCUT2D eigenvalue weighted by molar-refractivity contribution is -0.117. The fourth-order valence-corrected chi connectivity index (χ4v) is 2.55. The third-order valence-corrected chi connectivity index (χ3v) is 3.79. The van der Waals surface area contributed by atoms with Crippen LogP contribution in [0.1, 0.15) is 44.1 Å². The monoisotopic (exact) mass is 329 g/mol. The van der Waals surface area contributed by atoms with Gasteiger partial charge in [0.1, 0.15) is 5.75 Å². The number of ether oxygens (including phenoxy) is 1. The van der Waals surface area contributed by atoms with Gasteiger partial charge >= 0.3 is 0 Å². The van der Waals surface area contributed by atoms with Gasteiger partial charge in [-0.15, -0.1) is 0 Å². The van der Waals surface area contributed by atoms with Crippen LogP contribution in [0.2, 0.25) is 0 Å². The van der Waals surface area contributed by atoms with E-state index in [9.17, 15) is 4.79 Å². The Labute approximate surface area is 143 Å². The molecule has 0 aliphatic rings. The van der Waals surface area contributed by atoms with Gasteiger partial charge in [0.05, 0.1) is 24.2 Å². The summed E-state index contributed by atoms with van der Waals surface area (Å²) in [5.41, 5.74) is 3.78. The Balaban J connectivity index is 2.02. The van der Waals surface area contributed by atoms with Crippen molar-refractivity contribution in [2.45, 2.75) is 47.0 Å². The number of H-pyrrole nitrogens is 1. The quantitative estimate of drug-likeness (QED) is 0.845. The Bertz CT molecular complexity index is 682. The van der Waals surface area contributed by atoms with Crippen molar-refractivity contribution in [3.05, 3.63) is 41.2 Å². The summed E-state index contributed by atoms with van der Waals surface area (Å²) in [6, 6.07) is 8.01. The predicted octanol–water partition coefficient (Wildman–Crippen LogP) is 3.89. The van der Waals surface area contributed by atoms with E-state index in [-0.39, 0.29) is 11.3 Å². The van der Waals surface area contributed by atoms with E-state index in [0.717, 1.165) is 35.7 Å². The summed E-state index contributed by atoms with van der Waals surface area (Å²) in [5.74, 6) is 0.877. The molecule has 2 N–H and O–H groups in total. The topological polar surface area (TPSA) is 67.0 Å². The normalized spacial score (nSPS) is 11.4. The first-order valence-electron chi connectivity index (χ1n) is 8.25. The van der Waals surface area contributed by atoms with Crippen LogP contribution in [0.25, 0.3) is 0 Å². The number of nitrogens with one attached hydrogen (secondary N) is 2. The second-order valence-electron chi connectivity index (χ2n) is 7.30. The molecule has 1 amide bonds. The first-order valence-corrected chi connectivity index (χ1v) is 8.25. The van der Waals surface area contributed by atoms with Gasteiger partial charge in [-0.1, -0.05) is 32.9 Å². The first kappa shape index (κ1) is 18.0. The maximum absolute atomic E-state index is 12.2. The highest BCUT2D eigenvalue weighted by Crippen LogP contribution is 2.23. The number of benzene rings is 1. The van der Waals surface area contributed by atoms with Crippen molar-refractivity contribution < 1.29 is 9.53 Å². The molecule has 1 aromatic carbocycles. The molecule has 0 atom stereocenters. The Morgan fingerprint density at radius 3 is 2.46 bits per heavy atom. The van der Waals surface area contributed by atoms with Gasteiger partial charge in [-0.25, -0.2) is 0 Å². The molecule has 0 aliphatic heterocycles. The minimum absolute atomic E-state index is 0.0256. The van der Waals surface area contributed by atoms with Gasteiger partial charge in [0.2, 0.25) is 5.91 Å². The van der Waals surface area contributed by atoms with Crippen molar-refractivity contribution in [1.82, 2.24) is 10.2 Å². The average molecular weight is 329 g/mol. The third-order valence-electron chi connectivity index (χ3n) is 3.79. The van der Waals surface area contributed by atoms with Crippen molar-refractivity contribution in [3.8, 4) is 5.75 Å². The smallest absolute Gasteiger partial charge is 0.224 e. The molecule has 1 heterocycles. The molecule has 0 aliphatic carbocycles. The van der Waals surface area contributed by atoms with E-state index in [1.165, 1.54) is 5.56 Å². The maximum Gasteiger partial charge on any atom is 0.224 e. The number of amides is 1. The van der Waals surface area contributed by atoms with Gasteiger partial charge in [-0.05, 0) is 42.9 Å². The molecule has 2 rings (SSSR count). The zero-order valence-electron chi connectivity index (χ0n) is 15.2. The molecule has 5 nitrogen and oxygen atoms in total. The number of aromatic nitrogens is 2. The van der Waals surface area contributed by atoms with Crippen molar-refractivity contribution in [2.75, 3.05) is 12.4 Å². The van der Waals surface area contributed by atoms with E-state index in [1.54, 1.807) is 7.11 Å². The van der Waals surface area contributed by atoms with Crippen LogP contribution in [0.3, 0.4) is 0 Å². The number of hydrogen-bond donors (Lipinski definition) is 2. The van der Waals surface area contributed by atoms with Crippen LogP contribution >= 0.6 is 0 Å². The number of rotatable bonds is 6. The highest BCUT2D eigenvalue weighted by Gasteiger charge is 2.19. The minimum atomic E-state index is -0.0367. The predicted molar refractivity (Wildman–Crippen MR) is 96.4 cm³/mol. The lowest BCUT2D eigenvalue weighted by Gasteiger charge is -2.17. The van der Waals surface area contributed by atoms with E-state index >= 15 is 0 Å². The number of aryl methyl sites for hydroxylation is 3. The highest BCUT2D eigenvalue weighted by atomic mass is 16.5. The lowest BCUT2D eigenvalue weighted by Crippen LogP contribution is -2.20. The number of nitrogens with zero attached hydrogens (tertiary/aromatic N) is 1. The summed E-state index contributed by atoms with van der Waals surface area (Å²) in [6.45, 7) is 8.09. The standard InChI is InChI=1S/C19H27N3O2/c1-13-18(20-17(23)12-19(2,3)4)16(22-21-13)11-8-14-6-9-15(24-5)10-7-14/h6-7,9-10H,8,11-12H2,1-5H3,(H,20,23)(H,21,22). The third kappa shape index (κ3) is 5.11. The largest absolute Gasteiger partial charge is 0.497 e. The van der Waals surface area contributed by atoms with Crippen molar-refractivity contribution in [1.29, 1.82) is 0 Å². The van der Waals surface area contributed by atoms with Gasteiger partial charge < -0.3 is 10.1 Å². The van der Waals surface area contributed by atoms with E-state index in [4.69, 9.17) is 4.74 Å². The van der Waals surface area contributed by atoms with Crippen LogP contribution in [-0.2, 0) is 17.6 Å². The summed E-state index contributed by atoms with van der Waals surface area (Å²) in [5, 5.41) is 10.3. The molecule has 5 heteroatoms. The number of carbonyl (C=O) groups is 1. The molecule has 1 aromatic heterocycles. The number of hydrogen-bond acceptors (Lipinski definition) is 3. The zero-order valence-corrected chi connectivity index (χ0v) is 15.2. The number of aromatic amines is 1. The summed E-state index contributed by atoms with van der Waals surface area (Å²) >= 11 is 0. The number of carbonyl (C=O) groups excluding carboxylic acids is 1. The second kappa shape index (κ2) is 7.51. The fourth-order valence-electron chi connectivity index (χ4n) is 2.55. The van der Waals surface area contributed by atoms with Crippen molar-refractivity contribution in [2.24, 2.45) is 5.41 Å². The molecule has 0 unspecified atom stereocenters. The lowest BCUT2D eigenvalue weighted by atomic mass is 9.92. The molecule has 2 aromatic rings. The zero-order chi connectivity index (χ0) is 17.7. The second-order valence-corrected chi connectivity index (χ2v) is 7.30. The summed E-state index contributed by atoms with van der Waals surface area (Å²) in [6.07, 6.45) is 2.10. The van der Waals surface area contributed by atoms with Crippen LogP contribution in [0.5, 0.6) is 5.75 Å². The molecule has 24 heavy (non-hydrogen) atoms. The molecule has 130 valence electrons. The molecule has 0 saturated carbocycles. The Morgan fingerprint density at radius 1 is 1.21 bits per heavy atom. The molecular weight excluding hydrogens is 302 g/mol. The van der Waals surface area contributed by atoms with Crippen LogP contribution in [0.15, 0.2) is 24.3 Å². The summed E-state index contributed by atoms with van der Waals surface area (Å²) in [4.78, 5) is 12.2. The fraction of sp³-hybridized carbons (Fsp3) is 0.474. The van der Waals surface area contributed by atoms with Crippen LogP contribution in [0, 0.1) is 12.3 Å². The summed E-state index contributed by atoms with van der Waals surface area (Å²) < 4.78 is 5.17. The van der Waals surface area contributed by atoms with E-state index in [2.05, 4.69) is 48.4 Å². The van der Waals surface area contributed by atoms with Gasteiger partial charge in [0.25, 0.3) is 0 Å². The molecular formula is C19H27N3O2. The minimum Gasteiger partial charge on any atom is -0.497 e. The summed E-state index contributed by atoms with van der Waals surface area (Å²) in [7, 11) is 1.66. The van der Waals surface area contributed by atoms with Crippen molar-refractivity contribution >= 4 is 11.6 Å². The Hall–Kier alpha value is -2.30. The van der Waals surface area contributed by atoms with E-state index < -0.39 is 0 Å². The molecule has 0 bridgehead atoms. The molecule has 0 radical (unpaired) electrons. The van der Waals surface area contributed by atoms with Gasteiger partial charge in [0.15, 0.2) is 0 Å². The Kier molecular flexibility index (Phi) is 5.65. The van der Waals surface area contributed by atoms with Gasteiger partial charge in [-0.2, -0.15) is 5.10 Å². The SMILES string of the molecule is COc1ccc(CCc2n[nH]c(C)c2NC(=O)CC(C)(C)C)cc1. The average Bonchev–Trinajstić information content (AvgIpc) is 2.84. The highest BCUT2D eigenvalue weighted by molar-refractivity contribution is 5.92. The molecule has 0 fully saturated rings. The maximum atomic E-state index is 12.2. The van der Waals surface area contributed by atoms with Gasteiger partial charge in [-0.3, -0.25) is 9.89 Å². The number of methoxy groups -OCH3 is 1.